The number of nitrogens with two attached hydrogens (primary N) is 1. The lowest BCUT2D eigenvalue weighted by molar-refractivity contribution is 0.336. The molecule has 0 atom stereocenters. The van der Waals surface area contributed by atoms with Crippen LogP contribution in [-0.4, -0.2) is 11.6 Å². The Morgan fingerprint density at radius 2 is 2.15 bits per heavy atom. The van der Waals surface area contributed by atoms with Crippen molar-refractivity contribution in [2.75, 3.05) is 11.9 Å². The second kappa shape index (κ2) is 6.72. The highest BCUT2D eigenvalue weighted by molar-refractivity contribution is 9.10. The number of nitrogens with one attached hydrogen (secondary N) is 1. The predicted molar refractivity (Wildman–Crippen MR) is 85.5 cm³/mol. The van der Waals surface area contributed by atoms with Gasteiger partial charge in [0.15, 0.2) is 0 Å². The number of benzene rings is 1. The predicted octanol–water partition coefficient (Wildman–Crippen LogP) is 3.75. The summed E-state index contributed by atoms with van der Waals surface area (Å²) in [6, 6.07) is 7.83. The van der Waals surface area contributed by atoms with Gasteiger partial charge in [-0.2, -0.15) is 0 Å². The van der Waals surface area contributed by atoms with Gasteiger partial charge < -0.3 is 15.8 Å². The Balaban J connectivity index is 2.27. The van der Waals surface area contributed by atoms with Gasteiger partial charge in [-0.1, -0.05) is 0 Å². The molecule has 4 nitrogen and oxygen atoms in total. The topological polar surface area (TPSA) is 60.2 Å². The van der Waals surface area contributed by atoms with Crippen LogP contribution in [0.25, 0.3) is 0 Å². The fourth-order valence-electron chi connectivity index (χ4n) is 1.88. The highest BCUT2D eigenvalue weighted by atomic mass is 79.9. The first kappa shape index (κ1) is 14.8. The van der Waals surface area contributed by atoms with Crippen LogP contribution in [0.5, 0.6) is 5.75 Å². The van der Waals surface area contributed by atoms with Crippen LogP contribution in [0.3, 0.4) is 0 Å². The number of nitrogens with zero attached hydrogens (tertiary/aromatic N) is 1. The zero-order chi connectivity index (χ0) is 14.5. The van der Waals surface area contributed by atoms with E-state index < -0.39 is 0 Å². The summed E-state index contributed by atoms with van der Waals surface area (Å²) in [5.41, 5.74) is 8.81. The van der Waals surface area contributed by atoms with E-state index in [0.29, 0.717) is 13.2 Å². The summed E-state index contributed by atoms with van der Waals surface area (Å²) in [5, 5.41) is 3.29. The molecule has 0 saturated heterocycles. The highest BCUT2D eigenvalue weighted by Gasteiger charge is 2.07. The first-order valence-corrected chi connectivity index (χ1v) is 7.29. The van der Waals surface area contributed by atoms with Gasteiger partial charge in [-0.25, -0.2) is 4.98 Å². The van der Waals surface area contributed by atoms with Crippen molar-refractivity contribution in [3.05, 3.63) is 46.1 Å². The van der Waals surface area contributed by atoms with Crippen LogP contribution in [0.15, 0.2) is 34.9 Å². The van der Waals surface area contributed by atoms with E-state index in [2.05, 4.69) is 26.2 Å². The molecular weight excluding hydrogens is 318 g/mol. The largest absolute Gasteiger partial charge is 0.494 e. The summed E-state index contributed by atoms with van der Waals surface area (Å²) >= 11 is 3.54. The maximum atomic E-state index is 5.76. The Labute approximate surface area is 127 Å². The monoisotopic (exact) mass is 335 g/mol. The third-order valence-corrected chi connectivity index (χ3v) is 3.93. The van der Waals surface area contributed by atoms with Gasteiger partial charge in [0.25, 0.3) is 0 Å². The molecule has 0 amide bonds. The van der Waals surface area contributed by atoms with E-state index >= 15 is 0 Å². The van der Waals surface area contributed by atoms with E-state index in [1.165, 1.54) is 0 Å². The Hall–Kier alpha value is -1.59. The minimum absolute atomic E-state index is 0.438. The van der Waals surface area contributed by atoms with Gasteiger partial charge >= 0.3 is 0 Å². The molecule has 0 spiro atoms. The van der Waals surface area contributed by atoms with Crippen molar-refractivity contribution in [2.45, 2.75) is 20.4 Å². The van der Waals surface area contributed by atoms with Crippen molar-refractivity contribution < 1.29 is 4.74 Å². The standard InChI is InChI=1S/C15H18BrN3O/c1-3-20-13-5-4-12(8-11(13)9-17)19-15-14(16)10(2)6-7-18-15/h4-8H,3,9,17H2,1-2H3,(H,18,19). The number of anilines is 2. The van der Waals surface area contributed by atoms with Crippen molar-refractivity contribution in [3.63, 3.8) is 0 Å². The zero-order valence-electron chi connectivity index (χ0n) is 11.6. The molecule has 0 unspecified atom stereocenters. The van der Waals surface area contributed by atoms with Crippen LogP contribution in [0, 0.1) is 6.92 Å². The summed E-state index contributed by atoms with van der Waals surface area (Å²) in [6.45, 7) is 5.05. The van der Waals surface area contributed by atoms with Crippen LogP contribution in [-0.2, 0) is 6.54 Å². The molecule has 5 heteroatoms. The molecule has 0 fully saturated rings. The summed E-state index contributed by atoms with van der Waals surface area (Å²) in [5.74, 6) is 1.62. The van der Waals surface area contributed by atoms with Crippen LogP contribution < -0.4 is 15.8 Å². The first-order valence-electron chi connectivity index (χ1n) is 6.49. The Morgan fingerprint density at radius 1 is 1.35 bits per heavy atom. The summed E-state index contributed by atoms with van der Waals surface area (Å²) in [4.78, 5) is 4.33. The average Bonchev–Trinajstić information content (AvgIpc) is 2.45. The van der Waals surface area contributed by atoms with Crippen molar-refractivity contribution >= 4 is 27.4 Å². The van der Waals surface area contributed by atoms with E-state index in [1.807, 2.05) is 38.1 Å². The quantitative estimate of drug-likeness (QED) is 0.873. The molecule has 0 saturated carbocycles. The van der Waals surface area contributed by atoms with Crippen LogP contribution in [0.1, 0.15) is 18.1 Å². The number of hydrogen-bond donors (Lipinski definition) is 2. The van der Waals surface area contributed by atoms with Gasteiger partial charge in [0.2, 0.25) is 0 Å². The average molecular weight is 336 g/mol. The molecule has 2 aromatic rings. The van der Waals surface area contributed by atoms with Crippen molar-refractivity contribution in [3.8, 4) is 5.75 Å². The van der Waals surface area contributed by atoms with Gasteiger partial charge in [0.1, 0.15) is 11.6 Å². The van der Waals surface area contributed by atoms with Gasteiger partial charge in [0, 0.05) is 24.0 Å². The summed E-state index contributed by atoms with van der Waals surface area (Å²) < 4.78 is 6.50. The fraction of sp³-hybridized carbons (Fsp3) is 0.267. The van der Waals surface area contributed by atoms with Gasteiger partial charge in [-0.15, -0.1) is 0 Å². The summed E-state index contributed by atoms with van der Waals surface area (Å²) in [6.07, 6.45) is 1.78. The summed E-state index contributed by atoms with van der Waals surface area (Å²) in [7, 11) is 0. The number of hydrogen-bond acceptors (Lipinski definition) is 4. The smallest absolute Gasteiger partial charge is 0.144 e. The molecule has 0 aliphatic heterocycles. The van der Waals surface area contributed by atoms with Crippen LogP contribution >= 0.6 is 15.9 Å². The van der Waals surface area contributed by atoms with Gasteiger partial charge in [0.05, 0.1) is 11.1 Å². The van der Waals surface area contributed by atoms with E-state index in [-0.39, 0.29) is 0 Å². The Kier molecular flexibility index (Phi) is 4.98. The third kappa shape index (κ3) is 3.29. The molecular formula is C15H18BrN3O. The fourth-order valence-corrected chi connectivity index (χ4v) is 2.21. The van der Waals surface area contributed by atoms with Crippen molar-refractivity contribution in [2.24, 2.45) is 5.73 Å². The maximum Gasteiger partial charge on any atom is 0.144 e. The van der Waals surface area contributed by atoms with Crippen molar-refractivity contribution in [1.29, 1.82) is 0 Å². The minimum atomic E-state index is 0.438. The van der Waals surface area contributed by atoms with Gasteiger partial charge in [-0.3, -0.25) is 0 Å². The molecule has 106 valence electrons. The number of ether oxygens (including phenoxy) is 1. The molecule has 2 rings (SSSR count). The molecule has 1 aromatic carbocycles. The van der Waals surface area contributed by atoms with E-state index in [4.69, 9.17) is 10.5 Å². The van der Waals surface area contributed by atoms with Gasteiger partial charge in [-0.05, 0) is 59.6 Å². The number of aromatic nitrogens is 1. The molecule has 0 radical (unpaired) electrons. The van der Waals surface area contributed by atoms with Crippen molar-refractivity contribution in [1.82, 2.24) is 4.98 Å². The number of halogens is 1. The van der Waals surface area contributed by atoms with E-state index in [9.17, 15) is 0 Å². The zero-order valence-corrected chi connectivity index (χ0v) is 13.2. The molecule has 1 aromatic heterocycles. The first-order chi connectivity index (χ1) is 9.65. The molecule has 0 aliphatic rings. The molecule has 1 heterocycles. The van der Waals surface area contributed by atoms with E-state index in [1.54, 1.807) is 6.20 Å². The van der Waals surface area contributed by atoms with Crippen LogP contribution in [0.2, 0.25) is 0 Å². The molecule has 0 aliphatic carbocycles. The Morgan fingerprint density at radius 3 is 2.85 bits per heavy atom. The molecule has 0 bridgehead atoms. The lowest BCUT2D eigenvalue weighted by Crippen LogP contribution is -2.03. The SMILES string of the molecule is CCOc1ccc(Nc2nccc(C)c2Br)cc1CN. The minimum Gasteiger partial charge on any atom is -0.494 e. The second-order valence-corrected chi connectivity index (χ2v) is 5.17. The highest BCUT2D eigenvalue weighted by Crippen LogP contribution is 2.29. The van der Waals surface area contributed by atoms with Crippen LogP contribution in [0.4, 0.5) is 11.5 Å². The normalized spacial score (nSPS) is 10.4. The molecule has 3 N–H and O–H groups in total. The van der Waals surface area contributed by atoms with E-state index in [0.717, 1.165) is 32.9 Å². The number of pyridine rings is 1. The third-order valence-electron chi connectivity index (χ3n) is 2.93. The lowest BCUT2D eigenvalue weighted by atomic mass is 10.1. The lowest BCUT2D eigenvalue weighted by Gasteiger charge is -2.13. The maximum absolute atomic E-state index is 5.76. The Bertz CT molecular complexity index is 602. The second-order valence-electron chi connectivity index (χ2n) is 4.38. The number of rotatable bonds is 5. The molecule has 20 heavy (non-hydrogen) atoms. The number of aryl methyl sites for hydroxylation is 1.